The maximum absolute atomic E-state index is 14.1. The van der Waals surface area contributed by atoms with E-state index < -0.39 is 17.6 Å². The molecule has 0 atom stereocenters. The molecule has 5 aromatic rings. The third-order valence-corrected chi connectivity index (χ3v) is 5.25. The molecular formula is C24H15F5N3O+. The molecule has 4 nitrogen and oxygen atoms in total. The summed E-state index contributed by atoms with van der Waals surface area (Å²) in [5, 5.41) is 4.61. The maximum atomic E-state index is 14.1. The lowest BCUT2D eigenvalue weighted by Gasteiger charge is -2.10. The van der Waals surface area contributed by atoms with Crippen LogP contribution in [0, 0.1) is 11.6 Å². The van der Waals surface area contributed by atoms with Crippen LogP contribution in [0.5, 0.6) is 0 Å². The molecule has 0 aliphatic carbocycles. The van der Waals surface area contributed by atoms with Crippen molar-refractivity contribution >= 4 is 10.9 Å². The van der Waals surface area contributed by atoms with Gasteiger partial charge in [0, 0.05) is 34.3 Å². The van der Waals surface area contributed by atoms with Gasteiger partial charge in [-0.05, 0) is 36.4 Å². The summed E-state index contributed by atoms with van der Waals surface area (Å²) in [5.41, 5.74) is 0.384. The van der Waals surface area contributed by atoms with Gasteiger partial charge >= 0.3 is 6.18 Å². The van der Waals surface area contributed by atoms with Crippen molar-refractivity contribution in [3.63, 3.8) is 0 Å². The molecule has 0 saturated carbocycles. The zero-order valence-corrected chi connectivity index (χ0v) is 16.8. The Morgan fingerprint density at radius 1 is 0.939 bits per heavy atom. The zero-order valence-electron chi connectivity index (χ0n) is 16.8. The number of halogens is 5. The highest BCUT2D eigenvalue weighted by Crippen LogP contribution is 2.37. The lowest BCUT2D eigenvalue weighted by atomic mass is 10.0. The molecule has 3 heterocycles. The highest BCUT2D eigenvalue weighted by atomic mass is 19.4. The second kappa shape index (κ2) is 7.84. The van der Waals surface area contributed by atoms with E-state index in [1.807, 2.05) is 12.1 Å². The highest BCUT2D eigenvalue weighted by molar-refractivity contribution is 5.84. The Kier molecular flexibility index (Phi) is 4.96. The first-order valence-corrected chi connectivity index (χ1v) is 9.87. The van der Waals surface area contributed by atoms with Crippen LogP contribution in [0.15, 0.2) is 77.6 Å². The van der Waals surface area contributed by atoms with Crippen molar-refractivity contribution in [2.45, 2.75) is 12.7 Å². The van der Waals surface area contributed by atoms with Crippen LogP contribution in [-0.2, 0) is 12.7 Å². The van der Waals surface area contributed by atoms with Crippen LogP contribution in [0.3, 0.4) is 0 Å². The average Bonchev–Trinajstić information content (AvgIpc) is 3.40. The summed E-state index contributed by atoms with van der Waals surface area (Å²) >= 11 is 0. The second-order valence-corrected chi connectivity index (χ2v) is 7.52. The molecular weight excluding hydrogens is 441 g/mol. The van der Waals surface area contributed by atoms with Crippen LogP contribution < -0.4 is 4.57 Å². The average molecular weight is 456 g/mol. The van der Waals surface area contributed by atoms with Gasteiger partial charge in [-0.1, -0.05) is 17.3 Å². The Hall–Kier alpha value is -4.01. The second-order valence-electron chi connectivity index (χ2n) is 7.52. The number of nitrogens with one attached hydrogen (secondary N) is 1. The lowest BCUT2D eigenvalue weighted by Crippen LogP contribution is -2.32. The SMILES string of the molecule is Fc1ccc(-c2cc(C[n+]3ccc4cc(-c5ccccc5F)[nH]c4c3)on2)c(C(F)(F)F)c1. The molecule has 0 saturated heterocycles. The van der Waals surface area contributed by atoms with Gasteiger partial charge in [-0.25, -0.2) is 8.78 Å². The molecule has 0 amide bonds. The molecule has 9 heteroatoms. The summed E-state index contributed by atoms with van der Waals surface area (Å²) in [7, 11) is 0. The minimum atomic E-state index is -4.74. The molecule has 0 unspecified atom stereocenters. The number of alkyl halides is 3. The number of aromatic amines is 1. The van der Waals surface area contributed by atoms with E-state index in [1.54, 1.807) is 35.2 Å². The lowest BCUT2D eigenvalue weighted by molar-refractivity contribution is -0.688. The maximum Gasteiger partial charge on any atom is 0.417 e. The van der Waals surface area contributed by atoms with E-state index in [4.69, 9.17) is 4.52 Å². The van der Waals surface area contributed by atoms with Gasteiger partial charge in [0.1, 0.15) is 22.8 Å². The van der Waals surface area contributed by atoms with Crippen LogP contribution >= 0.6 is 0 Å². The molecule has 2 aromatic carbocycles. The molecule has 0 radical (unpaired) electrons. The normalized spacial score (nSPS) is 11.9. The quantitative estimate of drug-likeness (QED) is 0.262. The van der Waals surface area contributed by atoms with Crippen molar-refractivity contribution in [1.82, 2.24) is 10.1 Å². The number of fused-ring (bicyclic) bond motifs is 1. The van der Waals surface area contributed by atoms with Crippen LogP contribution in [0.25, 0.3) is 33.4 Å². The number of hydrogen-bond acceptors (Lipinski definition) is 2. The van der Waals surface area contributed by atoms with Crippen LogP contribution in [0.1, 0.15) is 11.3 Å². The monoisotopic (exact) mass is 456 g/mol. The van der Waals surface area contributed by atoms with Crippen molar-refractivity contribution < 1.29 is 31.0 Å². The summed E-state index contributed by atoms with van der Waals surface area (Å²) in [4.78, 5) is 3.17. The van der Waals surface area contributed by atoms with E-state index in [0.29, 0.717) is 23.1 Å². The Labute approximate surface area is 183 Å². The van der Waals surface area contributed by atoms with Gasteiger partial charge in [-0.2, -0.15) is 17.7 Å². The van der Waals surface area contributed by atoms with Crippen molar-refractivity contribution in [2.24, 2.45) is 0 Å². The third-order valence-electron chi connectivity index (χ3n) is 5.25. The smallest absolute Gasteiger partial charge is 0.354 e. The first-order valence-electron chi connectivity index (χ1n) is 9.87. The number of hydrogen-bond donors (Lipinski definition) is 1. The summed E-state index contributed by atoms with van der Waals surface area (Å²) in [5.74, 6) is -1.02. The molecule has 5 rings (SSSR count). The van der Waals surface area contributed by atoms with Crippen LogP contribution in [0.4, 0.5) is 22.0 Å². The third kappa shape index (κ3) is 4.09. The standard InChI is InChI=1S/C24H14F5N3O/c25-15-5-6-17(19(10-15)24(27,28)29)22-11-16(33-31-22)12-32-8-7-14-9-21(30-23(14)13-32)18-3-1-2-4-20(18)26/h1-11,13H,12H2/p+1. The summed E-state index contributed by atoms with van der Waals surface area (Å²) in [6.07, 6.45) is -1.19. The van der Waals surface area contributed by atoms with Gasteiger partial charge in [0.05, 0.1) is 5.56 Å². The summed E-state index contributed by atoms with van der Waals surface area (Å²) in [6, 6.07) is 13.9. The van der Waals surface area contributed by atoms with E-state index in [9.17, 15) is 22.0 Å². The van der Waals surface area contributed by atoms with Gasteiger partial charge in [-0.15, -0.1) is 0 Å². The Balaban J connectivity index is 1.43. The largest absolute Gasteiger partial charge is 0.417 e. The van der Waals surface area contributed by atoms with Crippen molar-refractivity contribution in [3.8, 4) is 22.5 Å². The van der Waals surface area contributed by atoms with E-state index in [0.717, 1.165) is 23.0 Å². The van der Waals surface area contributed by atoms with Crippen molar-refractivity contribution in [3.05, 3.63) is 96.0 Å². The molecule has 0 bridgehead atoms. The molecule has 0 spiro atoms. The first-order chi connectivity index (χ1) is 15.8. The van der Waals surface area contributed by atoms with E-state index in [2.05, 4.69) is 10.1 Å². The molecule has 166 valence electrons. The highest BCUT2D eigenvalue weighted by Gasteiger charge is 2.35. The molecule has 33 heavy (non-hydrogen) atoms. The van der Waals surface area contributed by atoms with Crippen LogP contribution in [0.2, 0.25) is 0 Å². The predicted octanol–water partition coefficient (Wildman–Crippen LogP) is 6.12. The van der Waals surface area contributed by atoms with Gasteiger partial charge < -0.3 is 9.51 Å². The minimum Gasteiger partial charge on any atom is -0.354 e. The fourth-order valence-electron chi connectivity index (χ4n) is 3.71. The fourth-order valence-corrected chi connectivity index (χ4v) is 3.71. The first kappa shape index (κ1) is 20.9. The minimum absolute atomic E-state index is 0.0410. The predicted molar refractivity (Wildman–Crippen MR) is 110 cm³/mol. The molecule has 0 aliphatic heterocycles. The zero-order chi connectivity index (χ0) is 23.2. The number of nitrogens with zero attached hydrogens (tertiary/aromatic N) is 2. The van der Waals surface area contributed by atoms with Gasteiger partial charge in [-0.3, -0.25) is 0 Å². The summed E-state index contributed by atoms with van der Waals surface area (Å²) < 4.78 is 74.4. The van der Waals surface area contributed by atoms with E-state index >= 15 is 0 Å². The van der Waals surface area contributed by atoms with Crippen molar-refractivity contribution in [2.75, 3.05) is 0 Å². The molecule has 0 aliphatic rings. The number of aromatic nitrogens is 3. The number of benzene rings is 2. The van der Waals surface area contributed by atoms with Crippen molar-refractivity contribution in [1.29, 1.82) is 0 Å². The number of rotatable bonds is 4. The Morgan fingerprint density at radius 2 is 1.76 bits per heavy atom. The topological polar surface area (TPSA) is 45.7 Å². The van der Waals surface area contributed by atoms with E-state index in [-0.39, 0.29) is 23.6 Å². The number of pyridine rings is 1. The fraction of sp³-hybridized carbons (Fsp3) is 0.0833. The Bertz CT molecular complexity index is 1470. The number of H-pyrrole nitrogens is 1. The molecule has 1 N–H and O–H groups in total. The van der Waals surface area contributed by atoms with Gasteiger partial charge in [0.15, 0.2) is 12.4 Å². The van der Waals surface area contributed by atoms with E-state index in [1.165, 1.54) is 12.1 Å². The molecule has 0 fully saturated rings. The molecule has 3 aromatic heterocycles. The van der Waals surface area contributed by atoms with Gasteiger partial charge in [0.25, 0.3) is 0 Å². The summed E-state index contributed by atoms with van der Waals surface area (Å²) in [6.45, 7) is 0.194. The van der Waals surface area contributed by atoms with Gasteiger partial charge in [0.2, 0.25) is 12.3 Å². The Morgan fingerprint density at radius 3 is 2.55 bits per heavy atom. The van der Waals surface area contributed by atoms with Crippen LogP contribution in [-0.4, -0.2) is 10.1 Å².